The zero-order valence-corrected chi connectivity index (χ0v) is 20.8. The summed E-state index contributed by atoms with van der Waals surface area (Å²) in [6.07, 6.45) is 1.36. The smallest absolute Gasteiger partial charge is 0.266 e. The van der Waals surface area contributed by atoms with Gasteiger partial charge >= 0.3 is 0 Å². The molecule has 1 fully saturated rings. The quantitative estimate of drug-likeness (QED) is 0.512. The fourth-order valence-corrected chi connectivity index (χ4v) is 5.30. The first-order valence-corrected chi connectivity index (χ1v) is 12.7. The number of sulfonamides is 1. The number of hydrogen-bond acceptors (Lipinski definition) is 7. The minimum absolute atomic E-state index is 0.0737. The van der Waals surface area contributed by atoms with Crippen molar-refractivity contribution in [2.45, 2.75) is 4.90 Å². The van der Waals surface area contributed by atoms with Crippen LogP contribution >= 0.6 is 11.6 Å². The number of piperazine rings is 1. The number of carbonyl (C=O) groups is 1. The first kappa shape index (κ1) is 24.6. The largest absolute Gasteiger partial charge is 0.495 e. The van der Waals surface area contributed by atoms with E-state index in [-0.39, 0.29) is 27.4 Å². The molecule has 2 heterocycles. The van der Waals surface area contributed by atoms with Gasteiger partial charge in [-0.15, -0.1) is 0 Å². The molecule has 9 nitrogen and oxygen atoms in total. The van der Waals surface area contributed by atoms with Crippen molar-refractivity contribution >= 4 is 39.0 Å². The highest BCUT2D eigenvalue weighted by molar-refractivity contribution is 7.92. The number of nitrogens with one attached hydrogen (secondary N) is 1. The lowest BCUT2D eigenvalue weighted by molar-refractivity contribution is 0.0746. The minimum Gasteiger partial charge on any atom is -0.495 e. The van der Waals surface area contributed by atoms with E-state index in [2.05, 4.69) is 14.6 Å². The topological polar surface area (TPSA) is 101 Å². The highest BCUT2D eigenvalue weighted by Crippen LogP contribution is 2.29. The van der Waals surface area contributed by atoms with Crippen LogP contribution < -0.4 is 19.1 Å². The molecule has 35 heavy (non-hydrogen) atoms. The van der Waals surface area contributed by atoms with Crippen LogP contribution in [0.2, 0.25) is 5.02 Å². The predicted octanol–water partition coefficient (Wildman–Crippen LogP) is 3.52. The van der Waals surface area contributed by atoms with Crippen molar-refractivity contribution < 1.29 is 22.7 Å². The van der Waals surface area contributed by atoms with Gasteiger partial charge in [-0.3, -0.25) is 9.52 Å². The van der Waals surface area contributed by atoms with Crippen molar-refractivity contribution in [1.82, 2.24) is 9.88 Å². The van der Waals surface area contributed by atoms with Crippen LogP contribution in [-0.4, -0.2) is 64.6 Å². The Kier molecular flexibility index (Phi) is 7.32. The molecule has 1 aromatic heterocycles. The fraction of sp³-hybridized carbons (Fsp3) is 0.250. The van der Waals surface area contributed by atoms with Gasteiger partial charge in [0, 0.05) is 37.4 Å². The summed E-state index contributed by atoms with van der Waals surface area (Å²) in [6, 6.07) is 15.1. The molecule has 1 aliphatic heterocycles. The van der Waals surface area contributed by atoms with Crippen molar-refractivity contribution in [3.05, 3.63) is 71.4 Å². The van der Waals surface area contributed by atoms with Gasteiger partial charge in [-0.25, -0.2) is 13.4 Å². The Morgan fingerprint density at radius 3 is 2.34 bits per heavy atom. The zero-order chi connectivity index (χ0) is 25.0. The Morgan fingerprint density at radius 2 is 1.69 bits per heavy atom. The molecule has 1 amide bonds. The first-order chi connectivity index (χ1) is 16.8. The molecule has 0 spiro atoms. The molecule has 0 atom stereocenters. The SMILES string of the molecule is COc1ccccc1N1CCN(C(=O)c2ccc(NS(=O)(=O)c3cc(Cl)ccc3OC)nc2)CC1. The Bertz CT molecular complexity index is 1310. The van der Waals surface area contributed by atoms with Crippen LogP contribution in [0.4, 0.5) is 11.5 Å². The van der Waals surface area contributed by atoms with E-state index in [4.69, 9.17) is 21.1 Å². The van der Waals surface area contributed by atoms with E-state index >= 15 is 0 Å². The average Bonchev–Trinajstić information content (AvgIpc) is 2.88. The second kappa shape index (κ2) is 10.4. The molecule has 0 radical (unpaired) electrons. The van der Waals surface area contributed by atoms with Crippen molar-refractivity contribution in [2.75, 3.05) is 50.0 Å². The molecule has 0 unspecified atom stereocenters. The van der Waals surface area contributed by atoms with Crippen LogP contribution in [0.15, 0.2) is 65.7 Å². The number of ether oxygens (including phenoxy) is 2. The van der Waals surface area contributed by atoms with Crippen LogP contribution in [-0.2, 0) is 10.0 Å². The third-order valence-corrected chi connectivity index (χ3v) is 7.27. The van der Waals surface area contributed by atoms with Crippen molar-refractivity contribution in [2.24, 2.45) is 0 Å². The number of carbonyl (C=O) groups excluding carboxylic acids is 1. The molecule has 1 N–H and O–H groups in total. The van der Waals surface area contributed by atoms with E-state index in [1.54, 1.807) is 18.1 Å². The molecule has 1 aliphatic rings. The highest BCUT2D eigenvalue weighted by atomic mass is 35.5. The average molecular weight is 517 g/mol. The number of hydrogen-bond donors (Lipinski definition) is 1. The molecule has 11 heteroatoms. The van der Waals surface area contributed by atoms with Crippen LogP contribution in [0.3, 0.4) is 0 Å². The first-order valence-electron chi connectivity index (χ1n) is 10.8. The van der Waals surface area contributed by atoms with E-state index in [1.807, 2.05) is 24.3 Å². The Hall–Kier alpha value is -3.50. The standard InChI is InChI=1S/C24H25ClN4O5S/c1-33-20-6-4-3-5-19(20)28-11-13-29(14-12-28)24(30)17-7-10-23(26-16-17)27-35(31,32)22-15-18(25)8-9-21(22)34-2/h3-10,15-16H,11-14H2,1-2H3,(H,26,27). The van der Waals surface area contributed by atoms with Crippen molar-refractivity contribution in [3.63, 3.8) is 0 Å². The van der Waals surface area contributed by atoms with Gasteiger partial charge in [-0.2, -0.15) is 0 Å². The number of para-hydroxylation sites is 2. The number of aromatic nitrogens is 1. The van der Waals surface area contributed by atoms with E-state index in [9.17, 15) is 13.2 Å². The van der Waals surface area contributed by atoms with Gasteiger partial charge in [-0.05, 0) is 42.5 Å². The Morgan fingerprint density at radius 1 is 0.971 bits per heavy atom. The monoisotopic (exact) mass is 516 g/mol. The van der Waals surface area contributed by atoms with Crippen LogP contribution in [0.5, 0.6) is 11.5 Å². The summed E-state index contributed by atoms with van der Waals surface area (Å²) in [5, 5.41) is 0.255. The third kappa shape index (κ3) is 5.44. The second-order valence-electron chi connectivity index (χ2n) is 7.78. The summed E-state index contributed by atoms with van der Waals surface area (Å²) in [6.45, 7) is 2.41. The third-order valence-electron chi connectivity index (χ3n) is 5.66. The van der Waals surface area contributed by atoms with Crippen molar-refractivity contribution in [1.29, 1.82) is 0 Å². The minimum atomic E-state index is -4.00. The van der Waals surface area contributed by atoms with Crippen LogP contribution in [0, 0.1) is 0 Å². The van der Waals surface area contributed by atoms with E-state index in [0.29, 0.717) is 31.7 Å². The van der Waals surface area contributed by atoms with Gasteiger partial charge < -0.3 is 19.3 Å². The van der Waals surface area contributed by atoms with Gasteiger partial charge in [0.2, 0.25) is 0 Å². The Balaban J connectivity index is 1.41. The molecule has 0 aliphatic carbocycles. The normalized spacial score (nSPS) is 13.9. The maximum atomic E-state index is 13.0. The van der Waals surface area contributed by atoms with Gasteiger partial charge in [0.15, 0.2) is 0 Å². The van der Waals surface area contributed by atoms with E-state index < -0.39 is 10.0 Å². The van der Waals surface area contributed by atoms with Gasteiger partial charge in [0.25, 0.3) is 15.9 Å². The molecule has 2 aromatic carbocycles. The van der Waals surface area contributed by atoms with Crippen LogP contribution in [0.25, 0.3) is 0 Å². The molecule has 0 bridgehead atoms. The maximum Gasteiger partial charge on any atom is 0.266 e. The number of amides is 1. The highest BCUT2D eigenvalue weighted by Gasteiger charge is 2.25. The summed E-state index contributed by atoms with van der Waals surface area (Å²) >= 11 is 5.96. The van der Waals surface area contributed by atoms with Crippen molar-refractivity contribution in [3.8, 4) is 11.5 Å². The fourth-order valence-electron chi connectivity index (χ4n) is 3.86. The van der Waals surface area contributed by atoms with Gasteiger partial charge in [-0.1, -0.05) is 23.7 Å². The molecular weight excluding hydrogens is 492 g/mol. The molecule has 4 rings (SSSR count). The summed E-state index contributed by atoms with van der Waals surface area (Å²) in [5.41, 5.74) is 1.37. The number of methoxy groups -OCH3 is 2. The molecule has 3 aromatic rings. The summed E-state index contributed by atoms with van der Waals surface area (Å²) in [7, 11) is -0.992. The number of anilines is 2. The molecule has 1 saturated heterocycles. The number of rotatable bonds is 7. The number of halogens is 1. The van der Waals surface area contributed by atoms with Gasteiger partial charge in [0.1, 0.15) is 22.2 Å². The predicted molar refractivity (Wildman–Crippen MR) is 134 cm³/mol. The maximum absolute atomic E-state index is 13.0. The molecule has 0 saturated carbocycles. The molecule has 184 valence electrons. The second-order valence-corrected chi connectivity index (χ2v) is 9.87. The summed E-state index contributed by atoms with van der Waals surface area (Å²) < 4.78 is 38.6. The van der Waals surface area contributed by atoms with Crippen LogP contribution in [0.1, 0.15) is 10.4 Å². The lowest BCUT2D eigenvalue weighted by atomic mass is 10.2. The van der Waals surface area contributed by atoms with Gasteiger partial charge in [0.05, 0.1) is 25.5 Å². The van der Waals surface area contributed by atoms with E-state index in [0.717, 1.165) is 11.4 Å². The zero-order valence-electron chi connectivity index (χ0n) is 19.3. The lowest BCUT2D eigenvalue weighted by Crippen LogP contribution is -2.48. The number of pyridine rings is 1. The van der Waals surface area contributed by atoms with E-state index in [1.165, 1.54) is 37.6 Å². The lowest BCUT2D eigenvalue weighted by Gasteiger charge is -2.36. The number of nitrogens with zero attached hydrogens (tertiary/aromatic N) is 3. The summed E-state index contributed by atoms with van der Waals surface area (Å²) in [5.74, 6) is 0.860. The molecular formula is C24H25ClN4O5S. The Labute approximate surface area is 209 Å². The number of benzene rings is 2. The summed E-state index contributed by atoms with van der Waals surface area (Å²) in [4.78, 5) is 20.9.